The van der Waals surface area contributed by atoms with Gasteiger partial charge in [-0.3, -0.25) is 14.7 Å². The van der Waals surface area contributed by atoms with Crippen molar-refractivity contribution >= 4 is 5.91 Å². The fourth-order valence-electron chi connectivity index (χ4n) is 3.23. The number of pyridine rings is 1. The molecular formula is C18H23N5O. The third-order valence-electron chi connectivity index (χ3n) is 4.75. The van der Waals surface area contributed by atoms with Crippen LogP contribution >= 0.6 is 0 Å². The summed E-state index contributed by atoms with van der Waals surface area (Å²) in [5.41, 5.74) is 3.26. The van der Waals surface area contributed by atoms with Crippen LogP contribution in [0.25, 0.3) is 0 Å². The van der Waals surface area contributed by atoms with Gasteiger partial charge < -0.3 is 9.88 Å². The lowest BCUT2D eigenvalue weighted by Gasteiger charge is -2.28. The van der Waals surface area contributed by atoms with Crippen LogP contribution in [0.15, 0.2) is 24.4 Å². The van der Waals surface area contributed by atoms with E-state index < -0.39 is 0 Å². The lowest BCUT2D eigenvalue weighted by Crippen LogP contribution is -2.35. The first kappa shape index (κ1) is 15.3. The summed E-state index contributed by atoms with van der Waals surface area (Å²) in [5.74, 6) is 1.52. The van der Waals surface area contributed by atoms with Crippen LogP contribution in [0.1, 0.15) is 35.7 Å². The van der Waals surface area contributed by atoms with Crippen LogP contribution in [-0.2, 0) is 31.0 Å². The van der Waals surface area contributed by atoms with Gasteiger partial charge in [0, 0.05) is 31.2 Å². The van der Waals surface area contributed by atoms with Gasteiger partial charge in [-0.1, -0.05) is 6.07 Å². The normalized spacial score (nSPS) is 17.5. The summed E-state index contributed by atoms with van der Waals surface area (Å²) in [6.45, 7) is 6.17. The number of hydrogen-bond donors (Lipinski definition) is 1. The fourth-order valence-corrected chi connectivity index (χ4v) is 3.23. The number of hydrogen-bond acceptors (Lipinski definition) is 4. The van der Waals surface area contributed by atoms with Gasteiger partial charge in [-0.25, -0.2) is 4.98 Å². The van der Waals surface area contributed by atoms with E-state index in [1.165, 1.54) is 0 Å². The summed E-state index contributed by atoms with van der Waals surface area (Å²) in [6, 6.07) is 6.16. The first-order chi connectivity index (χ1) is 11.7. The summed E-state index contributed by atoms with van der Waals surface area (Å²) >= 11 is 0. The molecule has 0 unspecified atom stereocenters. The van der Waals surface area contributed by atoms with E-state index in [0.29, 0.717) is 6.54 Å². The smallest absolute Gasteiger partial charge is 0.223 e. The maximum atomic E-state index is 11.8. The number of rotatable bonds is 5. The van der Waals surface area contributed by atoms with E-state index in [2.05, 4.69) is 36.9 Å². The molecule has 126 valence electrons. The highest BCUT2D eigenvalue weighted by atomic mass is 16.2. The topological polar surface area (TPSA) is 63.0 Å². The second-order valence-corrected chi connectivity index (χ2v) is 6.79. The molecule has 0 bridgehead atoms. The zero-order chi connectivity index (χ0) is 16.5. The molecule has 1 aliphatic heterocycles. The van der Waals surface area contributed by atoms with E-state index in [4.69, 9.17) is 0 Å². The number of aromatic nitrogens is 3. The number of nitrogens with zero attached hydrogens (tertiary/aromatic N) is 4. The first-order valence-corrected chi connectivity index (χ1v) is 8.65. The highest BCUT2D eigenvalue weighted by Crippen LogP contribution is 2.28. The number of fused-ring (bicyclic) bond motifs is 1. The lowest BCUT2D eigenvalue weighted by molar-refractivity contribution is -0.122. The Bertz CT molecular complexity index is 750. The molecule has 3 heterocycles. The number of amides is 1. The summed E-state index contributed by atoms with van der Waals surface area (Å²) in [4.78, 5) is 23.3. The van der Waals surface area contributed by atoms with E-state index in [9.17, 15) is 4.79 Å². The predicted molar refractivity (Wildman–Crippen MR) is 89.9 cm³/mol. The van der Waals surface area contributed by atoms with Gasteiger partial charge in [0.15, 0.2) is 0 Å². The van der Waals surface area contributed by atoms with Crippen molar-refractivity contribution < 1.29 is 4.79 Å². The van der Waals surface area contributed by atoms with E-state index in [1.807, 2.05) is 19.2 Å². The Balaban J connectivity index is 1.38. The second-order valence-electron chi connectivity index (χ2n) is 6.79. The van der Waals surface area contributed by atoms with E-state index in [-0.39, 0.29) is 11.8 Å². The van der Waals surface area contributed by atoms with Gasteiger partial charge in [0.05, 0.1) is 30.7 Å². The van der Waals surface area contributed by atoms with Gasteiger partial charge in [-0.2, -0.15) is 0 Å². The van der Waals surface area contributed by atoms with Gasteiger partial charge in [-0.15, -0.1) is 0 Å². The Morgan fingerprint density at radius 3 is 3.00 bits per heavy atom. The molecule has 4 rings (SSSR count). The van der Waals surface area contributed by atoms with E-state index in [1.54, 1.807) is 0 Å². The maximum absolute atomic E-state index is 11.8. The van der Waals surface area contributed by atoms with Crippen LogP contribution in [0.5, 0.6) is 0 Å². The third-order valence-corrected chi connectivity index (χ3v) is 4.75. The van der Waals surface area contributed by atoms with Crippen molar-refractivity contribution in [2.24, 2.45) is 5.92 Å². The molecule has 2 aromatic rings. The van der Waals surface area contributed by atoms with Crippen molar-refractivity contribution in [2.45, 2.75) is 45.9 Å². The maximum Gasteiger partial charge on any atom is 0.223 e. The average Bonchev–Trinajstić information content (AvgIpc) is 3.34. The van der Waals surface area contributed by atoms with Crippen molar-refractivity contribution in [3.8, 4) is 0 Å². The first-order valence-electron chi connectivity index (χ1n) is 8.65. The minimum Gasteiger partial charge on any atom is -0.350 e. The Kier molecular flexibility index (Phi) is 4.06. The summed E-state index contributed by atoms with van der Waals surface area (Å²) in [5, 5.41) is 3.03. The van der Waals surface area contributed by atoms with Gasteiger partial charge in [0.25, 0.3) is 0 Å². The van der Waals surface area contributed by atoms with Crippen LogP contribution in [0.4, 0.5) is 0 Å². The number of aryl methyl sites for hydroxylation is 1. The Morgan fingerprint density at radius 2 is 2.21 bits per heavy atom. The molecule has 0 spiro atoms. The lowest BCUT2D eigenvalue weighted by atomic mass is 10.2. The number of carbonyl (C=O) groups is 1. The molecule has 2 aliphatic rings. The third kappa shape index (κ3) is 3.33. The van der Waals surface area contributed by atoms with Crippen molar-refractivity contribution in [1.82, 2.24) is 24.8 Å². The minimum absolute atomic E-state index is 0.188. The molecule has 6 heteroatoms. The van der Waals surface area contributed by atoms with Crippen molar-refractivity contribution in [1.29, 1.82) is 0 Å². The van der Waals surface area contributed by atoms with Crippen LogP contribution in [0.2, 0.25) is 0 Å². The molecule has 24 heavy (non-hydrogen) atoms. The monoisotopic (exact) mass is 325 g/mol. The van der Waals surface area contributed by atoms with Gasteiger partial charge >= 0.3 is 0 Å². The van der Waals surface area contributed by atoms with Gasteiger partial charge in [0.2, 0.25) is 5.91 Å². The van der Waals surface area contributed by atoms with E-state index in [0.717, 1.165) is 61.9 Å². The molecule has 1 saturated carbocycles. The molecule has 1 N–H and O–H groups in total. The quantitative estimate of drug-likeness (QED) is 0.907. The van der Waals surface area contributed by atoms with Crippen LogP contribution in [-0.4, -0.2) is 31.9 Å². The molecule has 0 atom stereocenters. The SMILES string of the molecule is Cc1cccc(CN2CCn3c(CNC(=O)C4CC4)cnc3C2)n1. The van der Waals surface area contributed by atoms with Crippen LogP contribution in [0, 0.1) is 12.8 Å². The predicted octanol–water partition coefficient (Wildman–Crippen LogP) is 1.63. The number of imidazole rings is 1. The van der Waals surface area contributed by atoms with E-state index >= 15 is 0 Å². The number of carbonyl (C=O) groups excluding carboxylic acids is 1. The highest BCUT2D eigenvalue weighted by Gasteiger charge is 2.29. The Labute approximate surface area is 141 Å². The van der Waals surface area contributed by atoms with Crippen molar-refractivity contribution in [2.75, 3.05) is 6.54 Å². The van der Waals surface area contributed by atoms with Gasteiger partial charge in [-0.05, 0) is 31.9 Å². The molecule has 0 aromatic carbocycles. The second kappa shape index (κ2) is 6.36. The van der Waals surface area contributed by atoms with Crippen LogP contribution in [0.3, 0.4) is 0 Å². The van der Waals surface area contributed by atoms with Crippen molar-refractivity contribution in [3.63, 3.8) is 0 Å². The standard InChI is InChI=1S/C18H23N5O/c1-13-3-2-4-15(21-13)11-22-7-8-23-16(9-19-17(23)12-22)10-20-18(24)14-5-6-14/h2-4,9,14H,5-8,10-12H2,1H3,(H,20,24). The average molecular weight is 325 g/mol. The molecule has 1 amide bonds. The largest absolute Gasteiger partial charge is 0.350 e. The Hall–Kier alpha value is -2.21. The van der Waals surface area contributed by atoms with Gasteiger partial charge in [0.1, 0.15) is 5.82 Å². The zero-order valence-electron chi connectivity index (χ0n) is 14.0. The summed E-state index contributed by atoms with van der Waals surface area (Å²) in [6.07, 6.45) is 3.98. The van der Waals surface area contributed by atoms with Crippen LogP contribution < -0.4 is 5.32 Å². The van der Waals surface area contributed by atoms with Crippen molar-refractivity contribution in [3.05, 3.63) is 47.3 Å². The molecule has 1 fully saturated rings. The number of nitrogens with one attached hydrogen (secondary N) is 1. The Morgan fingerprint density at radius 1 is 1.33 bits per heavy atom. The molecule has 6 nitrogen and oxygen atoms in total. The fraction of sp³-hybridized carbons (Fsp3) is 0.500. The molecule has 0 radical (unpaired) electrons. The summed E-state index contributed by atoms with van der Waals surface area (Å²) in [7, 11) is 0. The molecule has 1 aliphatic carbocycles. The minimum atomic E-state index is 0.188. The zero-order valence-corrected chi connectivity index (χ0v) is 14.0. The molecular weight excluding hydrogens is 302 g/mol. The molecule has 2 aromatic heterocycles. The summed E-state index contributed by atoms with van der Waals surface area (Å²) < 4.78 is 2.24. The molecule has 0 saturated heterocycles. The highest BCUT2D eigenvalue weighted by molar-refractivity contribution is 5.80.